The molecule has 1 aliphatic carbocycles. The number of hydrogen-bond donors (Lipinski definition) is 2. The van der Waals surface area contributed by atoms with Gasteiger partial charge in [0.2, 0.25) is 5.91 Å². The first kappa shape index (κ1) is 16.6. The van der Waals surface area contributed by atoms with Crippen molar-refractivity contribution in [2.75, 3.05) is 19.5 Å². The number of ether oxygens (including phenoxy) is 2. The Kier molecular flexibility index (Phi) is 5.28. The summed E-state index contributed by atoms with van der Waals surface area (Å²) < 4.78 is 11.1. The van der Waals surface area contributed by atoms with Gasteiger partial charge in [-0.1, -0.05) is 0 Å². The third-order valence-corrected chi connectivity index (χ3v) is 4.65. The third kappa shape index (κ3) is 3.52. The van der Waals surface area contributed by atoms with E-state index in [1.54, 1.807) is 12.1 Å². The molecule has 2 rings (SSSR count). The number of carbonyl (C=O) groups is 2. The lowest BCUT2D eigenvalue weighted by Gasteiger charge is -2.14. The van der Waals surface area contributed by atoms with E-state index in [1.165, 1.54) is 14.2 Å². The lowest BCUT2D eigenvalue weighted by Crippen LogP contribution is -2.21. The van der Waals surface area contributed by atoms with Gasteiger partial charge in [0, 0.05) is 23.7 Å². The van der Waals surface area contributed by atoms with Crippen LogP contribution in [-0.4, -0.2) is 31.2 Å². The Bertz CT molecular complexity index is 564. The fourth-order valence-electron chi connectivity index (χ4n) is 2.63. The number of carboxylic acids is 1. The van der Waals surface area contributed by atoms with Gasteiger partial charge in [-0.3, -0.25) is 9.59 Å². The van der Waals surface area contributed by atoms with Gasteiger partial charge in [-0.2, -0.15) is 0 Å². The first-order valence-corrected chi connectivity index (χ1v) is 7.70. The lowest BCUT2D eigenvalue weighted by molar-refractivity contribution is -0.141. The van der Waals surface area contributed by atoms with Crippen LogP contribution in [0.1, 0.15) is 19.3 Å². The van der Waals surface area contributed by atoms with Gasteiger partial charge in [-0.25, -0.2) is 0 Å². The predicted molar refractivity (Wildman–Crippen MR) is 84.3 cm³/mol. The van der Waals surface area contributed by atoms with Crippen LogP contribution in [0.4, 0.5) is 5.69 Å². The van der Waals surface area contributed by atoms with Crippen molar-refractivity contribution < 1.29 is 24.2 Å². The van der Waals surface area contributed by atoms with E-state index in [9.17, 15) is 9.59 Å². The minimum Gasteiger partial charge on any atom is -0.495 e. The molecule has 1 aromatic rings. The zero-order valence-corrected chi connectivity index (χ0v) is 14.0. The molecule has 22 heavy (non-hydrogen) atoms. The van der Waals surface area contributed by atoms with Crippen LogP contribution in [0.25, 0.3) is 0 Å². The Hall–Kier alpha value is -1.76. The minimum absolute atomic E-state index is 0.171. The summed E-state index contributed by atoms with van der Waals surface area (Å²) in [6.45, 7) is 0. The maximum absolute atomic E-state index is 12.3. The number of nitrogens with one attached hydrogen (secondary N) is 1. The van der Waals surface area contributed by atoms with Crippen LogP contribution in [0.5, 0.6) is 11.5 Å². The SMILES string of the molecule is COc1cc(NC(=O)[C@@H]2CC[C@H](C(=O)O)C2)cc(OC)c1Br. The molecule has 6 nitrogen and oxygen atoms in total. The summed E-state index contributed by atoms with van der Waals surface area (Å²) in [5, 5.41) is 11.8. The number of anilines is 1. The van der Waals surface area contributed by atoms with Crippen LogP contribution in [0.3, 0.4) is 0 Å². The van der Waals surface area contributed by atoms with Gasteiger partial charge in [-0.15, -0.1) is 0 Å². The van der Waals surface area contributed by atoms with E-state index >= 15 is 0 Å². The highest BCUT2D eigenvalue weighted by molar-refractivity contribution is 9.10. The van der Waals surface area contributed by atoms with E-state index in [2.05, 4.69) is 21.2 Å². The number of amides is 1. The number of carboxylic acid groups (broad SMARTS) is 1. The van der Waals surface area contributed by atoms with E-state index in [4.69, 9.17) is 14.6 Å². The Morgan fingerprint density at radius 1 is 1.18 bits per heavy atom. The summed E-state index contributed by atoms with van der Waals surface area (Å²) in [5.74, 6) is -0.613. The molecule has 0 spiro atoms. The highest BCUT2D eigenvalue weighted by Gasteiger charge is 2.33. The topological polar surface area (TPSA) is 84.9 Å². The summed E-state index contributed by atoms with van der Waals surface area (Å²) in [5.41, 5.74) is 0.556. The minimum atomic E-state index is -0.831. The molecule has 1 saturated carbocycles. The van der Waals surface area contributed by atoms with E-state index in [0.29, 0.717) is 40.9 Å². The van der Waals surface area contributed by atoms with E-state index in [-0.39, 0.29) is 11.8 Å². The number of aliphatic carboxylic acids is 1. The van der Waals surface area contributed by atoms with Gasteiger partial charge in [0.15, 0.2) is 0 Å². The standard InChI is InChI=1S/C15H18BrNO5/c1-21-11-6-10(7-12(22-2)13(11)16)17-14(18)8-3-4-9(5-8)15(19)20/h6-9H,3-5H2,1-2H3,(H,17,18)(H,19,20)/t8-,9+/m1/s1. The highest BCUT2D eigenvalue weighted by Crippen LogP contribution is 2.38. The molecule has 0 aliphatic heterocycles. The Morgan fingerprint density at radius 2 is 1.73 bits per heavy atom. The summed E-state index contributed by atoms with van der Waals surface area (Å²) in [7, 11) is 3.05. The van der Waals surface area contributed by atoms with Crippen molar-refractivity contribution in [2.24, 2.45) is 11.8 Å². The fourth-order valence-corrected chi connectivity index (χ4v) is 3.18. The second-order valence-corrected chi connectivity index (χ2v) is 6.02. The smallest absolute Gasteiger partial charge is 0.306 e. The first-order chi connectivity index (χ1) is 10.5. The number of carbonyl (C=O) groups excluding carboxylic acids is 1. The second kappa shape index (κ2) is 7.00. The van der Waals surface area contributed by atoms with Crippen molar-refractivity contribution in [1.82, 2.24) is 0 Å². The third-order valence-electron chi connectivity index (χ3n) is 3.87. The number of hydrogen-bond acceptors (Lipinski definition) is 4. The first-order valence-electron chi connectivity index (χ1n) is 6.91. The molecule has 0 heterocycles. The van der Waals surface area contributed by atoms with E-state index in [0.717, 1.165) is 0 Å². The Morgan fingerprint density at radius 3 is 2.18 bits per heavy atom. The molecular formula is C15H18BrNO5. The zero-order chi connectivity index (χ0) is 16.3. The molecule has 120 valence electrons. The van der Waals surface area contributed by atoms with E-state index in [1.807, 2.05) is 0 Å². The van der Waals surface area contributed by atoms with Gasteiger partial charge in [0.1, 0.15) is 16.0 Å². The number of benzene rings is 1. The maximum atomic E-state index is 12.3. The van der Waals surface area contributed by atoms with Crippen LogP contribution >= 0.6 is 15.9 Å². The van der Waals surface area contributed by atoms with E-state index < -0.39 is 11.9 Å². The van der Waals surface area contributed by atoms with Crippen molar-refractivity contribution in [3.63, 3.8) is 0 Å². The fraction of sp³-hybridized carbons (Fsp3) is 0.467. The normalized spacial score (nSPS) is 20.5. The molecule has 0 saturated heterocycles. The largest absolute Gasteiger partial charge is 0.495 e. The van der Waals surface area contributed by atoms with Gasteiger partial charge in [0.25, 0.3) is 0 Å². The molecule has 2 atom stereocenters. The molecule has 7 heteroatoms. The molecule has 0 unspecified atom stereocenters. The van der Waals surface area contributed by atoms with Crippen LogP contribution < -0.4 is 14.8 Å². The number of methoxy groups -OCH3 is 2. The quantitative estimate of drug-likeness (QED) is 0.830. The van der Waals surface area contributed by atoms with Gasteiger partial charge < -0.3 is 19.9 Å². The summed E-state index contributed by atoms with van der Waals surface area (Å²) in [6.07, 6.45) is 1.51. The average Bonchev–Trinajstić information content (AvgIpc) is 2.99. The molecular weight excluding hydrogens is 354 g/mol. The van der Waals surface area contributed by atoms with Crippen molar-refractivity contribution in [3.8, 4) is 11.5 Å². The lowest BCUT2D eigenvalue weighted by atomic mass is 10.0. The van der Waals surface area contributed by atoms with Gasteiger partial charge >= 0.3 is 5.97 Å². The molecule has 0 radical (unpaired) electrons. The molecule has 1 aliphatic rings. The number of rotatable bonds is 5. The average molecular weight is 372 g/mol. The van der Waals surface area contributed by atoms with Crippen molar-refractivity contribution in [1.29, 1.82) is 0 Å². The van der Waals surface area contributed by atoms with Gasteiger partial charge in [0.05, 0.1) is 20.1 Å². The van der Waals surface area contributed by atoms with Crippen molar-refractivity contribution in [3.05, 3.63) is 16.6 Å². The summed E-state index contributed by atoms with van der Waals surface area (Å²) >= 11 is 3.36. The second-order valence-electron chi connectivity index (χ2n) is 5.23. The predicted octanol–water partition coefficient (Wildman–Crippen LogP) is 2.91. The molecule has 0 bridgehead atoms. The zero-order valence-electron chi connectivity index (χ0n) is 12.4. The van der Waals surface area contributed by atoms with Crippen LogP contribution in [0, 0.1) is 11.8 Å². The molecule has 0 aromatic heterocycles. The maximum Gasteiger partial charge on any atom is 0.306 e. The van der Waals surface area contributed by atoms with Crippen LogP contribution in [0.15, 0.2) is 16.6 Å². The van der Waals surface area contributed by atoms with Crippen molar-refractivity contribution in [2.45, 2.75) is 19.3 Å². The monoisotopic (exact) mass is 371 g/mol. The molecule has 2 N–H and O–H groups in total. The van der Waals surface area contributed by atoms with Crippen molar-refractivity contribution >= 4 is 33.5 Å². The highest BCUT2D eigenvalue weighted by atomic mass is 79.9. The Balaban J connectivity index is 2.10. The molecule has 1 aromatic carbocycles. The van der Waals surface area contributed by atoms with Crippen LogP contribution in [0.2, 0.25) is 0 Å². The van der Waals surface area contributed by atoms with Gasteiger partial charge in [-0.05, 0) is 35.2 Å². The summed E-state index contributed by atoms with van der Waals surface area (Å²) in [4.78, 5) is 23.2. The molecule has 1 fully saturated rings. The molecule has 1 amide bonds. The summed E-state index contributed by atoms with van der Waals surface area (Å²) in [6, 6.07) is 3.38. The van der Waals surface area contributed by atoms with Crippen LogP contribution in [-0.2, 0) is 9.59 Å². The number of halogens is 1. The Labute approximate surface area is 136 Å².